The predicted octanol–water partition coefficient (Wildman–Crippen LogP) is 1.13. The van der Waals surface area contributed by atoms with E-state index in [1.165, 1.54) is 4.90 Å². The second kappa shape index (κ2) is 4.31. The van der Waals surface area contributed by atoms with Crippen LogP contribution >= 0.6 is 0 Å². The van der Waals surface area contributed by atoms with Gasteiger partial charge in [0.2, 0.25) is 5.91 Å². The molecule has 0 aromatic heterocycles. The van der Waals surface area contributed by atoms with Gasteiger partial charge in [-0.1, -0.05) is 0 Å². The van der Waals surface area contributed by atoms with Gasteiger partial charge in [-0.3, -0.25) is 9.69 Å². The number of amides is 2. The van der Waals surface area contributed by atoms with Crippen molar-refractivity contribution in [2.24, 2.45) is 0 Å². The van der Waals surface area contributed by atoms with E-state index >= 15 is 0 Å². The Labute approximate surface area is 96.1 Å². The van der Waals surface area contributed by atoms with E-state index in [0.717, 1.165) is 0 Å². The van der Waals surface area contributed by atoms with E-state index in [-0.39, 0.29) is 11.9 Å². The number of rotatable bonds is 0. The largest absolute Gasteiger partial charge is 0.444 e. The van der Waals surface area contributed by atoms with Crippen molar-refractivity contribution in [2.75, 3.05) is 6.54 Å². The minimum atomic E-state index is -0.537. The van der Waals surface area contributed by atoms with Gasteiger partial charge in [-0.25, -0.2) is 4.79 Å². The van der Waals surface area contributed by atoms with E-state index in [9.17, 15) is 9.59 Å². The zero-order valence-electron chi connectivity index (χ0n) is 10.5. The zero-order valence-corrected chi connectivity index (χ0v) is 10.5. The molecular formula is C11H20N2O3. The summed E-state index contributed by atoms with van der Waals surface area (Å²) in [4.78, 5) is 24.9. The number of nitrogens with zero attached hydrogens (tertiary/aromatic N) is 1. The van der Waals surface area contributed by atoms with Crippen molar-refractivity contribution < 1.29 is 14.3 Å². The molecule has 0 aromatic rings. The van der Waals surface area contributed by atoms with Crippen LogP contribution in [0.4, 0.5) is 4.79 Å². The second-order valence-electron chi connectivity index (χ2n) is 5.16. The van der Waals surface area contributed by atoms with Crippen LogP contribution in [-0.4, -0.2) is 41.1 Å². The highest BCUT2D eigenvalue weighted by Crippen LogP contribution is 2.16. The maximum atomic E-state index is 11.9. The number of carbonyl (C=O) groups is 2. The molecule has 0 aliphatic carbocycles. The lowest BCUT2D eigenvalue weighted by Crippen LogP contribution is -2.60. The first-order chi connectivity index (χ1) is 7.22. The van der Waals surface area contributed by atoms with Gasteiger partial charge in [0.1, 0.15) is 11.6 Å². The maximum Gasteiger partial charge on any atom is 0.411 e. The van der Waals surface area contributed by atoms with E-state index in [2.05, 4.69) is 5.32 Å². The van der Waals surface area contributed by atoms with Gasteiger partial charge in [0.05, 0.1) is 6.04 Å². The Balaban J connectivity index is 2.76. The van der Waals surface area contributed by atoms with E-state index in [0.29, 0.717) is 6.54 Å². The first kappa shape index (κ1) is 12.8. The van der Waals surface area contributed by atoms with Crippen molar-refractivity contribution in [3.05, 3.63) is 0 Å². The summed E-state index contributed by atoms with van der Waals surface area (Å²) in [6.45, 7) is 9.50. The van der Waals surface area contributed by atoms with Gasteiger partial charge < -0.3 is 10.1 Å². The number of hydrogen-bond acceptors (Lipinski definition) is 3. The summed E-state index contributed by atoms with van der Waals surface area (Å²) in [5.41, 5.74) is -0.537. The van der Waals surface area contributed by atoms with Gasteiger partial charge in [-0.2, -0.15) is 0 Å². The van der Waals surface area contributed by atoms with E-state index in [4.69, 9.17) is 4.74 Å². The second-order valence-corrected chi connectivity index (χ2v) is 5.16. The minimum absolute atomic E-state index is 0.0393. The summed E-state index contributed by atoms with van der Waals surface area (Å²) in [6, 6.07) is -0.513. The van der Waals surface area contributed by atoms with E-state index in [1.807, 2.05) is 27.7 Å². The van der Waals surface area contributed by atoms with Crippen molar-refractivity contribution in [2.45, 2.75) is 52.3 Å². The molecule has 0 bridgehead atoms. The number of carbonyl (C=O) groups excluding carboxylic acids is 2. The van der Waals surface area contributed by atoms with Crippen LogP contribution in [0.5, 0.6) is 0 Å². The Hall–Kier alpha value is -1.26. The summed E-state index contributed by atoms with van der Waals surface area (Å²) < 4.78 is 5.27. The number of ether oxygens (including phenoxy) is 1. The summed E-state index contributed by atoms with van der Waals surface area (Å²) >= 11 is 0. The number of piperazine rings is 1. The SMILES string of the molecule is C[C@H]1CNC(=O)[C@H](C)N1C(=O)OC(C)(C)C. The Morgan fingerprint density at radius 3 is 2.50 bits per heavy atom. The normalized spacial score (nSPS) is 26.3. The van der Waals surface area contributed by atoms with Crippen molar-refractivity contribution in [1.82, 2.24) is 10.2 Å². The Kier molecular flexibility index (Phi) is 3.45. The summed E-state index contributed by atoms with van der Waals surface area (Å²) in [5.74, 6) is -0.135. The molecule has 0 aromatic carbocycles. The standard InChI is InChI=1S/C11H20N2O3/c1-7-6-12-9(14)8(2)13(7)10(15)16-11(3,4)5/h7-8H,6H2,1-5H3,(H,12,14)/t7-,8-/m0/s1. The molecule has 5 nitrogen and oxygen atoms in total. The van der Waals surface area contributed by atoms with Crippen molar-refractivity contribution in [3.63, 3.8) is 0 Å². The third kappa shape index (κ3) is 2.87. The van der Waals surface area contributed by atoms with Gasteiger partial charge in [-0.05, 0) is 34.6 Å². The first-order valence-corrected chi connectivity index (χ1v) is 5.51. The molecule has 1 aliphatic heterocycles. The van der Waals surface area contributed by atoms with Crippen molar-refractivity contribution >= 4 is 12.0 Å². The Morgan fingerprint density at radius 1 is 1.44 bits per heavy atom. The van der Waals surface area contributed by atoms with Crippen LogP contribution in [0.1, 0.15) is 34.6 Å². The lowest BCUT2D eigenvalue weighted by Gasteiger charge is -2.38. The van der Waals surface area contributed by atoms with Crippen molar-refractivity contribution in [1.29, 1.82) is 0 Å². The highest BCUT2D eigenvalue weighted by atomic mass is 16.6. The fraction of sp³-hybridized carbons (Fsp3) is 0.818. The third-order valence-electron chi connectivity index (χ3n) is 2.45. The molecule has 1 fully saturated rings. The Morgan fingerprint density at radius 2 is 2.00 bits per heavy atom. The summed E-state index contributed by atoms with van der Waals surface area (Å²) in [5, 5.41) is 2.74. The van der Waals surface area contributed by atoms with Crippen molar-refractivity contribution in [3.8, 4) is 0 Å². The van der Waals surface area contributed by atoms with Crippen LogP contribution < -0.4 is 5.32 Å². The van der Waals surface area contributed by atoms with Crippen LogP contribution in [0.3, 0.4) is 0 Å². The molecule has 16 heavy (non-hydrogen) atoms. The quantitative estimate of drug-likeness (QED) is 0.676. The average Bonchev–Trinajstić information content (AvgIpc) is 2.09. The first-order valence-electron chi connectivity index (χ1n) is 5.51. The zero-order chi connectivity index (χ0) is 12.5. The van der Waals surface area contributed by atoms with Crippen LogP contribution in [0.15, 0.2) is 0 Å². The Bertz CT molecular complexity index is 296. The van der Waals surface area contributed by atoms with Gasteiger partial charge in [0.15, 0.2) is 0 Å². The molecule has 1 heterocycles. The smallest absolute Gasteiger partial charge is 0.411 e. The van der Waals surface area contributed by atoms with Crippen LogP contribution in [0, 0.1) is 0 Å². The fourth-order valence-electron chi connectivity index (χ4n) is 1.66. The fourth-order valence-corrected chi connectivity index (χ4v) is 1.66. The number of nitrogens with one attached hydrogen (secondary N) is 1. The highest BCUT2D eigenvalue weighted by Gasteiger charge is 2.36. The van der Waals surface area contributed by atoms with Gasteiger partial charge in [0.25, 0.3) is 0 Å². The average molecular weight is 228 g/mol. The van der Waals surface area contributed by atoms with Gasteiger partial charge in [-0.15, -0.1) is 0 Å². The lowest BCUT2D eigenvalue weighted by molar-refractivity contribution is -0.129. The molecule has 0 radical (unpaired) electrons. The molecular weight excluding hydrogens is 208 g/mol. The van der Waals surface area contributed by atoms with Crippen LogP contribution in [0.2, 0.25) is 0 Å². The summed E-state index contributed by atoms with van der Waals surface area (Å²) in [6.07, 6.45) is -0.428. The molecule has 1 N–H and O–H groups in total. The van der Waals surface area contributed by atoms with Gasteiger partial charge >= 0.3 is 6.09 Å². The molecule has 2 amide bonds. The van der Waals surface area contributed by atoms with Crippen LogP contribution in [-0.2, 0) is 9.53 Å². The third-order valence-corrected chi connectivity index (χ3v) is 2.45. The molecule has 0 spiro atoms. The van der Waals surface area contributed by atoms with Crippen LogP contribution in [0.25, 0.3) is 0 Å². The molecule has 0 saturated carbocycles. The number of hydrogen-bond donors (Lipinski definition) is 1. The molecule has 1 rings (SSSR count). The monoisotopic (exact) mass is 228 g/mol. The highest BCUT2D eigenvalue weighted by molar-refractivity contribution is 5.86. The molecule has 92 valence electrons. The molecule has 5 heteroatoms. The minimum Gasteiger partial charge on any atom is -0.444 e. The predicted molar refractivity (Wildman–Crippen MR) is 60.0 cm³/mol. The van der Waals surface area contributed by atoms with E-state index in [1.54, 1.807) is 6.92 Å². The summed E-state index contributed by atoms with van der Waals surface area (Å²) in [7, 11) is 0. The lowest BCUT2D eigenvalue weighted by atomic mass is 10.1. The van der Waals surface area contributed by atoms with Gasteiger partial charge in [0, 0.05) is 6.54 Å². The maximum absolute atomic E-state index is 11.9. The molecule has 1 saturated heterocycles. The molecule has 2 atom stereocenters. The molecule has 1 aliphatic rings. The topological polar surface area (TPSA) is 58.6 Å². The molecule has 0 unspecified atom stereocenters. The van der Waals surface area contributed by atoms with E-state index < -0.39 is 17.7 Å².